The number of nitrogens with two attached hydrogens (primary N) is 1. The minimum atomic E-state index is 0.161. The fourth-order valence-electron chi connectivity index (χ4n) is 1.77. The van der Waals surface area contributed by atoms with Gasteiger partial charge >= 0.3 is 0 Å². The third-order valence-electron chi connectivity index (χ3n) is 3.92. The minimum absolute atomic E-state index is 0.161. The van der Waals surface area contributed by atoms with Gasteiger partial charge in [-0.05, 0) is 44.4 Å². The van der Waals surface area contributed by atoms with Crippen molar-refractivity contribution in [3.8, 4) is 0 Å². The zero-order chi connectivity index (χ0) is 13.1. The molecule has 2 nitrogen and oxygen atoms in total. The summed E-state index contributed by atoms with van der Waals surface area (Å²) in [4.78, 5) is 2.33. The van der Waals surface area contributed by atoms with E-state index in [-0.39, 0.29) is 11.6 Å². The average molecular weight is 234 g/mol. The van der Waals surface area contributed by atoms with E-state index < -0.39 is 0 Å². The topological polar surface area (TPSA) is 29.3 Å². The lowest BCUT2D eigenvalue weighted by Crippen LogP contribution is -2.40. The molecule has 0 heterocycles. The Kier molecular flexibility index (Phi) is 4.58. The van der Waals surface area contributed by atoms with Gasteiger partial charge in [0.25, 0.3) is 0 Å². The number of hydrogen-bond donors (Lipinski definition) is 1. The molecular formula is C15H26N2. The van der Waals surface area contributed by atoms with E-state index in [1.165, 1.54) is 11.3 Å². The van der Waals surface area contributed by atoms with Crippen LogP contribution in [0.2, 0.25) is 0 Å². The summed E-state index contributed by atoms with van der Waals surface area (Å²) in [6, 6.07) is 8.79. The summed E-state index contributed by atoms with van der Waals surface area (Å²) in [5.41, 5.74) is 8.68. The van der Waals surface area contributed by atoms with Crippen molar-refractivity contribution in [2.75, 3.05) is 11.9 Å². The van der Waals surface area contributed by atoms with Crippen molar-refractivity contribution in [1.82, 2.24) is 0 Å². The van der Waals surface area contributed by atoms with E-state index in [1.807, 2.05) is 0 Å². The maximum absolute atomic E-state index is 6.02. The minimum Gasteiger partial charge on any atom is -0.369 e. The molecule has 0 amide bonds. The standard InChI is InChI=1S/C15H26N2/c1-6-14(16)12-8-10-13(11-9-12)17(5)15(3,4)7-2/h8-11,14H,6-7,16H2,1-5H3/t14-/m1/s1. The van der Waals surface area contributed by atoms with Gasteiger partial charge in [0.05, 0.1) is 0 Å². The molecule has 17 heavy (non-hydrogen) atoms. The van der Waals surface area contributed by atoms with Crippen LogP contribution in [-0.2, 0) is 0 Å². The Labute approximate surface area is 106 Å². The average Bonchev–Trinajstić information content (AvgIpc) is 2.37. The molecule has 1 rings (SSSR count). The van der Waals surface area contributed by atoms with Gasteiger partial charge in [-0.1, -0.05) is 26.0 Å². The summed E-state index contributed by atoms with van der Waals surface area (Å²) in [6.07, 6.45) is 2.11. The number of rotatable bonds is 5. The Hall–Kier alpha value is -1.02. The van der Waals surface area contributed by atoms with Crippen molar-refractivity contribution in [2.45, 2.75) is 52.1 Å². The predicted octanol–water partition coefficient (Wildman–Crippen LogP) is 3.72. The summed E-state index contributed by atoms with van der Waals surface area (Å²) < 4.78 is 0. The second-order valence-corrected chi connectivity index (χ2v) is 5.33. The molecule has 0 unspecified atom stereocenters. The molecule has 1 aromatic rings. The molecule has 2 heteroatoms. The van der Waals surface area contributed by atoms with Crippen molar-refractivity contribution >= 4 is 5.69 Å². The SMILES string of the molecule is CC[C@@H](N)c1ccc(N(C)C(C)(C)CC)cc1. The largest absolute Gasteiger partial charge is 0.369 e. The van der Waals surface area contributed by atoms with Crippen LogP contribution < -0.4 is 10.6 Å². The van der Waals surface area contributed by atoms with Crippen LogP contribution in [0.5, 0.6) is 0 Å². The first-order valence-electron chi connectivity index (χ1n) is 6.51. The van der Waals surface area contributed by atoms with Gasteiger partial charge in [0.2, 0.25) is 0 Å². The monoisotopic (exact) mass is 234 g/mol. The summed E-state index contributed by atoms with van der Waals surface area (Å²) in [7, 11) is 2.15. The highest BCUT2D eigenvalue weighted by Gasteiger charge is 2.21. The number of nitrogens with zero attached hydrogens (tertiary/aromatic N) is 1. The zero-order valence-electron chi connectivity index (χ0n) is 11.8. The molecule has 0 saturated carbocycles. The Balaban J connectivity index is 2.88. The van der Waals surface area contributed by atoms with Gasteiger partial charge in [-0.25, -0.2) is 0 Å². The summed E-state index contributed by atoms with van der Waals surface area (Å²) in [5.74, 6) is 0. The number of hydrogen-bond acceptors (Lipinski definition) is 2. The lowest BCUT2D eigenvalue weighted by Gasteiger charge is -2.37. The van der Waals surface area contributed by atoms with E-state index in [0.717, 1.165) is 12.8 Å². The van der Waals surface area contributed by atoms with Crippen LogP contribution in [0.25, 0.3) is 0 Å². The van der Waals surface area contributed by atoms with E-state index >= 15 is 0 Å². The van der Waals surface area contributed by atoms with E-state index in [4.69, 9.17) is 5.73 Å². The van der Waals surface area contributed by atoms with E-state index in [9.17, 15) is 0 Å². The third kappa shape index (κ3) is 3.22. The van der Waals surface area contributed by atoms with Gasteiger partial charge in [0.1, 0.15) is 0 Å². The molecule has 1 aromatic carbocycles. The lowest BCUT2D eigenvalue weighted by molar-refractivity contribution is 0.471. The normalized spacial score (nSPS) is 13.5. The molecule has 0 aliphatic carbocycles. The molecule has 0 aliphatic heterocycles. The van der Waals surface area contributed by atoms with E-state index in [1.54, 1.807) is 0 Å². The van der Waals surface area contributed by atoms with Crippen molar-refractivity contribution in [3.05, 3.63) is 29.8 Å². The Morgan fingerprint density at radius 2 is 1.71 bits per heavy atom. The van der Waals surface area contributed by atoms with Crippen LogP contribution in [0.3, 0.4) is 0 Å². The van der Waals surface area contributed by atoms with Crippen LogP contribution >= 0.6 is 0 Å². The van der Waals surface area contributed by atoms with Gasteiger partial charge in [-0.3, -0.25) is 0 Å². The number of benzene rings is 1. The van der Waals surface area contributed by atoms with E-state index in [0.29, 0.717) is 0 Å². The van der Waals surface area contributed by atoms with Gasteiger partial charge < -0.3 is 10.6 Å². The molecule has 0 saturated heterocycles. The first kappa shape index (κ1) is 14.0. The van der Waals surface area contributed by atoms with Crippen molar-refractivity contribution < 1.29 is 0 Å². The predicted molar refractivity (Wildman–Crippen MR) is 76.4 cm³/mol. The van der Waals surface area contributed by atoms with E-state index in [2.05, 4.69) is 63.9 Å². The van der Waals surface area contributed by atoms with Crippen molar-refractivity contribution in [3.63, 3.8) is 0 Å². The molecule has 0 fully saturated rings. The highest BCUT2D eigenvalue weighted by Crippen LogP contribution is 2.26. The zero-order valence-corrected chi connectivity index (χ0v) is 11.8. The Morgan fingerprint density at radius 1 is 1.18 bits per heavy atom. The van der Waals surface area contributed by atoms with Gasteiger partial charge in [0, 0.05) is 24.3 Å². The van der Waals surface area contributed by atoms with Gasteiger partial charge in [-0.15, -0.1) is 0 Å². The first-order chi connectivity index (χ1) is 7.92. The second-order valence-electron chi connectivity index (χ2n) is 5.33. The second kappa shape index (κ2) is 5.54. The Bertz CT molecular complexity index is 340. The smallest absolute Gasteiger partial charge is 0.0368 e. The summed E-state index contributed by atoms with van der Waals surface area (Å²) >= 11 is 0. The molecule has 96 valence electrons. The fourth-order valence-corrected chi connectivity index (χ4v) is 1.77. The molecule has 2 N–H and O–H groups in total. The van der Waals surface area contributed by atoms with Crippen LogP contribution in [0.4, 0.5) is 5.69 Å². The van der Waals surface area contributed by atoms with Gasteiger partial charge in [0.15, 0.2) is 0 Å². The highest BCUT2D eigenvalue weighted by atomic mass is 15.2. The van der Waals surface area contributed by atoms with Crippen molar-refractivity contribution in [1.29, 1.82) is 0 Å². The Morgan fingerprint density at radius 3 is 2.12 bits per heavy atom. The van der Waals surface area contributed by atoms with Crippen LogP contribution in [0.1, 0.15) is 52.1 Å². The first-order valence-corrected chi connectivity index (χ1v) is 6.51. The number of anilines is 1. The molecule has 0 aliphatic rings. The van der Waals surface area contributed by atoms with Crippen LogP contribution in [0.15, 0.2) is 24.3 Å². The molecule has 0 bridgehead atoms. The molecule has 0 spiro atoms. The third-order valence-corrected chi connectivity index (χ3v) is 3.92. The molecule has 0 radical (unpaired) electrons. The molecule has 1 atom stereocenters. The summed E-state index contributed by atoms with van der Waals surface area (Å²) in [5, 5.41) is 0. The van der Waals surface area contributed by atoms with Gasteiger partial charge in [-0.2, -0.15) is 0 Å². The fraction of sp³-hybridized carbons (Fsp3) is 0.600. The maximum Gasteiger partial charge on any atom is 0.0368 e. The highest BCUT2D eigenvalue weighted by molar-refractivity contribution is 5.49. The molecular weight excluding hydrogens is 208 g/mol. The molecule has 0 aromatic heterocycles. The van der Waals surface area contributed by atoms with Crippen molar-refractivity contribution in [2.24, 2.45) is 5.73 Å². The van der Waals surface area contributed by atoms with Crippen LogP contribution in [-0.4, -0.2) is 12.6 Å². The lowest BCUT2D eigenvalue weighted by atomic mass is 9.98. The summed E-state index contributed by atoms with van der Waals surface area (Å²) in [6.45, 7) is 8.86. The quantitative estimate of drug-likeness (QED) is 0.841. The van der Waals surface area contributed by atoms with Crippen LogP contribution in [0, 0.1) is 0 Å². The maximum atomic E-state index is 6.02.